The molecule has 0 aromatic heterocycles. The lowest BCUT2D eigenvalue weighted by Gasteiger charge is -2.37. The van der Waals surface area contributed by atoms with Gasteiger partial charge in [-0.15, -0.1) is 0 Å². The van der Waals surface area contributed by atoms with Crippen LogP contribution in [0.5, 0.6) is 0 Å². The van der Waals surface area contributed by atoms with Crippen molar-refractivity contribution >= 4 is 18.1 Å². The van der Waals surface area contributed by atoms with E-state index in [-0.39, 0.29) is 25.5 Å². The summed E-state index contributed by atoms with van der Waals surface area (Å²) in [6, 6.07) is 27.7. The summed E-state index contributed by atoms with van der Waals surface area (Å²) >= 11 is 0. The number of hydrogen-bond acceptors (Lipinski definition) is 5. The van der Waals surface area contributed by atoms with Gasteiger partial charge >= 0.3 is 12.2 Å². The Morgan fingerprint density at radius 2 is 1.44 bits per heavy atom. The van der Waals surface area contributed by atoms with Crippen LogP contribution in [-0.2, 0) is 26.5 Å². The first kappa shape index (κ1) is 25.0. The van der Waals surface area contributed by atoms with Crippen LogP contribution in [0, 0.1) is 5.92 Å². The van der Waals surface area contributed by atoms with E-state index in [2.05, 4.69) is 5.32 Å². The number of nitrogens with one attached hydrogen (secondary N) is 1. The quantitative estimate of drug-likeness (QED) is 0.470. The Bertz CT molecular complexity index is 1140. The summed E-state index contributed by atoms with van der Waals surface area (Å²) in [5, 5.41) is 2.59. The number of alkyl carbamates (subject to hydrolysis) is 1. The summed E-state index contributed by atoms with van der Waals surface area (Å²) in [5.74, 6) is -0.527. The smallest absolute Gasteiger partial charge is 0.418 e. The largest absolute Gasteiger partial charge is 0.445 e. The van der Waals surface area contributed by atoms with Crippen molar-refractivity contribution in [2.75, 3.05) is 6.54 Å². The molecule has 0 radical (unpaired) electrons. The van der Waals surface area contributed by atoms with E-state index in [0.717, 1.165) is 16.7 Å². The first-order valence-corrected chi connectivity index (χ1v) is 12.0. The molecule has 1 unspecified atom stereocenters. The van der Waals surface area contributed by atoms with Crippen LogP contribution in [0.25, 0.3) is 0 Å². The van der Waals surface area contributed by atoms with Crippen molar-refractivity contribution < 1.29 is 23.9 Å². The van der Waals surface area contributed by atoms with E-state index in [1.807, 2.05) is 105 Å². The van der Waals surface area contributed by atoms with Crippen molar-refractivity contribution in [2.45, 2.75) is 38.5 Å². The average molecular weight is 487 g/mol. The second-order valence-corrected chi connectivity index (χ2v) is 9.03. The molecule has 36 heavy (non-hydrogen) atoms. The Hall–Kier alpha value is -4.13. The molecule has 3 aromatic rings. The first-order valence-electron chi connectivity index (χ1n) is 12.0. The molecule has 4 rings (SSSR count). The van der Waals surface area contributed by atoms with Gasteiger partial charge in [0.1, 0.15) is 6.61 Å². The third-order valence-electron chi connectivity index (χ3n) is 6.27. The van der Waals surface area contributed by atoms with E-state index in [4.69, 9.17) is 9.47 Å². The minimum absolute atomic E-state index is 0.0325. The van der Waals surface area contributed by atoms with Gasteiger partial charge in [-0.2, -0.15) is 0 Å². The fourth-order valence-electron chi connectivity index (χ4n) is 4.73. The maximum atomic E-state index is 13.3. The van der Waals surface area contributed by atoms with Gasteiger partial charge in [0.2, 0.25) is 5.91 Å². The van der Waals surface area contributed by atoms with Gasteiger partial charge in [-0.25, -0.2) is 14.5 Å². The van der Waals surface area contributed by atoms with Gasteiger partial charge in [0, 0.05) is 24.1 Å². The SMILES string of the molecule is CC(C)C1N(C(=O)CCNC(=O)OCc2ccccc2)C(=O)OC1(c1ccccc1)c1ccccc1. The molecule has 1 heterocycles. The molecular weight excluding hydrogens is 456 g/mol. The monoisotopic (exact) mass is 486 g/mol. The summed E-state index contributed by atoms with van der Waals surface area (Å²) in [6.07, 6.45) is -1.39. The zero-order valence-corrected chi connectivity index (χ0v) is 20.4. The number of ether oxygens (including phenoxy) is 2. The summed E-state index contributed by atoms with van der Waals surface area (Å²) in [4.78, 5) is 39.8. The molecule has 1 atom stereocenters. The number of amides is 3. The number of imide groups is 1. The lowest BCUT2D eigenvalue weighted by molar-refractivity contribution is -0.130. The molecule has 0 saturated carbocycles. The highest BCUT2D eigenvalue weighted by Gasteiger charge is 2.59. The molecule has 186 valence electrons. The van der Waals surface area contributed by atoms with Gasteiger partial charge in [0.15, 0.2) is 5.60 Å². The minimum atomic E-state index is -1.15. The van der Waals surface area contributed by atoms with Crippen molar-refractivity contribution in [1.29, 1.82) is 0 Å². The second kappa shape index (κ2) is 11.1. The highest BCUT2D eigenvalue weighted by atomic mass is 16.6. The zero-order chi connectivity index (χ0) is 25.5. The van der Waals surface area contributed by atoms with Crippen LogP contribution in [-0.4, -0.2) is 35.6 Å². The highest BCUT2D eigenvalue weighted by Crippen LogP contribution is 2.47. The number of carbonyl (C=O) groups excluding carboxylic acids is 3. The molecule has 7 nitrogen and oxygen atoms in total. The van der Waals surface area contributed by atoms with E-state index in [1.165, 1.54) is 4.90 Å². The molecule has 3 amide bonds. The maximum absolute atomic E-state index is 13.3. The molecule has 3 aromatic carbocycles. The molecule has 1 aliphatic rings. The van der Waals surface area contributed by atoms with Gasteiger partial charge in [-0.1, -0.05) is 105 Å². The van der Waals surface area contributed by atoms with E-state index in [0.29, 0.717) is 0 Å². The van der Waals surface area contributed by atoms with E-state index < -0.39 is 29.7 Å². The topological polar surface area (TPSA) is 84.9 Å². The van der Waals surface area contributed by atoms with E-state index in [1.54, 1.807) is 0 Å². The molecule has 1 saturated heterocycles. The summed E-state index contributed by atoms with van der Waals surface area (Å²) in [6.45, 7) is 4.09. The van der Waals surface area contributed by atoms with Gasteiger partial charge in [-0.05, 0) is 11.5 Å². The molecular formula is C29H30N2O5. The third-order valence-corrected chi connectivity index (χ3v) is 6.27. The van der Waals surface area contributed by atoms with Gasteiger partial charge in [0.25, 0.3) is 0 Å². The van der Waals surface area contributed by atoms with E-state index >= 15 is 0 Å². The molecule has 1 aliphatic heterocycles. The van der Waals surface area contributed by atoms with Gasteiger partial charge in [0.05, 0.1) is 6.04 Å². The third kappa shape index (κ3) is 5.10. The first-order chi connectivity index (χ1) is 17.4. The van der Waals surface area contributed by atoms with Crippen LogP contribution in [0.4, 0.5) is 9.59 Å². The van der Waals surface area contributed by atoms with Crippen LogP contribution in [0.1, 0.15) is 37.0 Å². The van der Waals surface area contributed by atoms with Gasteiger partial charge < -0.3 is 14.8 Å². The summed E-state index contributed by atoms with van der Waals surface area (Å²) in [5.41, 5.74) is 1.30. The Labute approximate surface area is 211 Å². The molecule has 0 bridgehead atoms. The lowest BCUT2D eigenvalue weighted by Crippen LogP contribution is -2.50. The van der Waals surface area contributed by atoms with Crippen molar-refractivity contribution in [3.05, 3.63) is 108 Å². The minimum Gasteiger partial charge on any atom is -0.445 e. The van der Waals surface area contributed by atoms with Gasteiger partial charge in [-0.3, -0.25) is 4.79 Å². The molecule has 7 heteroatoms. The fraction of sp³-hybridized carbons (Fsp3) is 0.276. The highest BCUT2D eigenvalue weighted by molar-refractivity contribution is 5.95. The number of carbonyl (C=O) groups is 3. The number of nitrogens with zero attached hydrogens (tertiary/aromatic N) is 1. The number of rotatable bonds is 8. The number of benzene rings is 3. The number of hydrogen-bond donors (Lipinski definition) is 1. The lowest BCUT2D eigenvalue weighted by atomic mass is 9.75. The van der Waals surface area contributed by atoms with Crippen LogP contribution < -0.4 is 5.32 Å². The summed E-state index contributed by atoms with van der Waals surface area (Å²) in [7, 11) is 0. The standard InChI is InChI=1S/C29H30N2O5/c1-21(2)26-29(23-14-8-4-9-15-23,24-16-10-5-11-17-24)36-28(34)31(26)25(32)18-19-30-27(33)35-20-22-12-6-3-7-13-22/h3-17,21,26H,18-20H2,1-2H3,(H,30,33). The molecule has 1 N–H and O–H groups in total. The molecule has 0 aliphatic carbocycles. The average Bonchev–Trinajstić information content (AvgIpc) is 3.23. The van der Waals surface area contributed by atoms with Crippen LogP contribution in [0.2, 0.25) is 0 Å². The van der Waals surface area contributed by atoms with E-state index in [9.17, 15) is 14.4 Å². The molecule has 0 spiro atoms. The van der Waals surface area contributed by atoms with Crippen LogP contribution >= 0.6 is 0 Å². The van der Waals surface area contributed by atoms with Crippen molar-refractivity contribution in [2.24, 2.45) is 5.92 Å². The maximum Gasteiger partial charge on any atom is 0.418 e. The van der Waals surface area contributed by atoms with Crippen molar-refractivity contribution in [1.82, 2.24) is 10.2 Å². The van der Waals surface area contributed by atoms with Crippen molar-refractivity contribution in [3.8, 4) is 0 Å². The number of cyclic esters (lactones) is 1. The predicted molar refractivity (Wildman–Crippen MR) is 135 cm³/mol. The second-order valence-electron chi connectivity index (χ2n) is 9.03. The predicted octanol–water partition coefficient (Wildman–Crippen LogP) is 5.25. The summed E-state index contributed by atoms with van der Waals surface area (Å²) < 4.78 is 11.3. The Morgan fingerprint density at radius 1 is 0.917 bits per heavy atom. The van der Waals surface area contributed by atoms with Crippen LogP contribution in [0.15, 0.2) is 91.0 Å². The normalized spacial score (nSPS) is 16.5. The fourth-order valence-corrected chi connectivity index (χ4v) is 4.73. The van der Waals surface area contributed by atoms with Crippen LogP contribution in [0.3, 0.4) is 0 Å². The Morgan fingerprint density at radius 3 is 1.97 bits per heavy atom. The Kier molecular flexibility index (Phi) is 7.68. The molecule has 1 fully saturated rings. The Balaban J connectivity index is 1.50. The van der Waals surface area contributed by atoms with Crippen molar-refractivity contribution in [3.63, 3.8) is 0 Å². The zero-order valence-electron chi connectivity index (χ0n) is 20.4.